The van der Waals surface area contributed by atoms with Crippen molar-refractivity contribution in [2.45, 2.75) is 6.54 Å². The van der Waals surface area contributed by atoms with Gasteiger partial charge in [0.25, 0.3) is 11.1 Å². The van der Waals surface area contributed by atoms with Crippen molar-refractivity contribution in [3.8, 4) is 35.3 Å². The molecule has 0 radical (unpaired) electrons. The van der Waals surface area contributed by atoms with E-state index in [-0.39, 0.29) is 24.8 Å². The number of thioether (sulfide) groups is 1. The number of carbonyl (C=O) groups is 2. The molecule has 2 heterocycles. The van der Waals surface area contributed by atoms with E-state index in [0.717, 1.165) is 16.7 Å². The fourth-order valence-electron chi connectivity index (χ4n) is 3.14. The fraction of sp³-hybridized carbons (Fsp3) is 0.182. The molecular weight excluding hydrogens is 522 g/mol. The van der Waals surface area contributed by atoms with Gasteiger partial charge in [-0.2, -0.15) is 0 Å². The molecule has 32 heavy (non-hydrogen) atoms. The maximum absolute atomic E-state index is 13.0. The first-order valence-corrected chi connectivity index (χ1v) is 11.2. The molecule has 2 aliphatic rings. The Morgan fingerprint density at radius 3 is 2.75 bits per heavy atom. The Morgan fingerprint density at radius 1 is 1.28 bits per heavy atom. The summed E-state index contributed by atoms with van der Waals surface area (Å²) in [6.45, 7) is 0.113. The molecular formula is C22H15BrClNO6S. The SMILES string of the molecule is C#CCOc1c(/C=C2/SC(=O)N(Cc3cc4c(cc3Cl)OCO4)C2=O)cc(Br)cc1OC. The number of nitrogens with zero attached hydrogens (tertiary/aromatic N) is 1. The topological polar surface area (TPSA) is 74.3 Å². The average Bonchev–Trinajstić information content (AvgIpc) is 3.31. The van der Waals surface area contributed by atoms with E-state index in [1.807, 2.05) is 0 Å². The van der Waals surface area contributed by atoms with Crippen molar-refractivity contribution in [3.63, 3.8) is 0 Å². The number of methoxy groups -OCH3 is 1. The van der Waals surface area contributed by atoms with E-state index in [1.165, 1.54) is 7.11 Å². The van der Waals surface area contributed by atoms with Gasteiger partial charge >= 0.3 is 0 Å². The predicted octanol–water partition coefficient (Wildman–Crippen LogP) is 5.09. The molecule has 2 aliphatic heterocycles. The van der Waals surface area contributed by atoms with Crippen molar-refractivity contribution >= 4 is 56.5 Å². The van der Waals surface area contributed by atoms with Crippen LogP contribution in [-0.4, -0.2) is 36.6 Å². The number of amides is 2. The summed E-state index contributed by atoms with van der Waals surface area (Å²) < 4.78 is 22.4. The maximum Gasteiger partial charge on any atom is 0.293 e. The maximum atomic E-state index is 13.0. The van der Waals surface area contributed by atoms with Crippen LogP contribution in [-0.2, 0) is 11.3 Å². The van der Waals surface area contributed by atoms with Crippen LogP contribution in [0.2, 0.25) is 5.02 Å². The molecule has 0 saturated carbocycles. The average molecular weight is 537 g/mol. The Labute approximate surface area is 201 Å². The van der Waals surface area contributed by atoms with Crippen LogP contribution in [0.1, 0.15) is 11.1 Å². The van der Waals surface area contributed by atoms with Crippen molar-refractivity contribution in [3.05, 3.63) is 49.8 Å². The largest absolute Gasteiger partial charge is 0.493 e. The monoisotopic (exact) mass is 535 g/mol. The number of halogens is 2. The van der Waals surface area contributed by atoms with Crippen molar-refractivity contribution in [2.75, 3.05) is 20.5 Å². The van der Waals surface area contributed by atoms with Gasteiger partial charge in [0.2, 0.25) is 6.79 Å². The third-order valence-electron chi connectivity index (χ3n) is 4.60. The lowest BCUT2D eigenvalue weighted by Crippen LogP contribution is -2.27. The number of fused-ring (bicyclic) bond motifs is 1. The highest BCUT2D eigenvalue weighted by atomic mass is 79.9. The number of terminal acetylenes is 1. The summed E-state index contributed by atoms with van der Waals surface area (Å²) >= 11 is 10.5. The molecule has 1 fully saturated rings. The van der Waals surface area contributed by atoms with E-state index in [2.05, 4.69) is 21.9 Å². The Balaban J connectivity index is 1.64. The smallest absolute Gasteiger partial charge is 0.293 e. The van der Waals surface area contributed by atoms with Gasteiger partial charge in [0.1, 0.15) is 6.61 Å². The van der Waals surface area contributed by atoms with Gasteiger partial charge in [0.15, 0.2) is 23.0 Å². The molecule has 4 rings (SSSR count). The second kappa shape index (κ2) is 9.36. The van der Waals surface area contributed by atoms with Crippen LogP contribution in [0.5, 0.6) is 23.0 Å². The molecule has 1 saturated heterocycles. The van der Waals surface area contributed by atoms with Crippen LogP contribution >= 0.6 is 39.3 Å². The summed E-state index contributed by atoms with van der Waals surface area (Å²) in [6.07, 6.45) is 6.89. The Morgan fingerprint density at radius 2 is 2.03 bits per heavy atom. The second-order valence-electron chi connectivity index (χ2n) is 6.58. The van der Waals surface area contributed by atoms with Crippen LogP contribution in [0.3, 0.4) is 0 Å². The lowest BCUT2D eigenvalue weighted by atomic mass is 10.1. The zero-order chi connectivity index (χ0) is 22.8. The number of ether oxygens (including phenoxy) is 4. The molecule has 10 heteroatoms. The van der Waals surface area contributed by atoms with Crippen molar-refractivity contribution in [1.82, 2.24) is 4.90 Å². The summed E-state index contributed by atoms with van der Waals surface area (Å²) in [5.74, 6) is 3.80. The molecule has 0 aliphatic carbocycles. The van der Waals surface area contributed by atoms with Crippen LogP contribution in [0, 0.1) is 12.3 Å². The van der Waals surface area contributed by atoms with Crippen molar-refractivity contribution in [1.29, 1.82) is 0 Å². The number of hydrogen-bond acceptors (Lipinski definition) is 7. The van der Waals surface area contributed by atoms with Crippen molar-refractivity contribution in [2.24, 2.45) is 0 Å². The highest BCUT2D eigenvalue weighted by Crippen LogP contribution is 2.41. The molecule has 0 aromatic heterocycles. The molecule has 0 N–H and O–H groups in total. The van der Waals surface area contributed by atoms with Gasteiger partial charge in [-0.15, -0.1) is 6.42 Å². The Bertz CT molecular complexity index is 1190. The number of benzene rings is 2. The van der Waals surface area contributed by atoms with Gasteiger partial charge in [-0.05, 0) is 41.6 Å². The van der Waals surface area contributed by atoms with Crippen LogP contribution in [0.15, 0.2) is 33.6 Å². The van der Waals surface area contributed by atoms with E-state index < -0.39 is 11.1 Å². The van der Waals surface area contributed by atoms with Crippen molar-refractivity contribution < 1.29 is 28.5 Å². The highest BCUT2D eigenvalue weighted by molar-refractivity contribution is 9.10. The lowest BCUT2D eigenvalue weighted by molar-refractivity contribution is -0.123. The van der Waals surface area contributed by atoms with Crippen LogP contribution in [0.25, 0.3) is 6.08 Å². The third kappa shape index (κ3) is 4.39. The summed E-state index contributed by atoms with van der Waals surface area (Å²) in [4.78, 5) is 27.0. The molecule has 0 spiro atoms. The molecule has 0 bridgehead atoms. The number of hydrogen-bond donors (Lipinski definition) is 0. The minimum atomic E-state index is -0.449. The zero-order valence-corrected chi connectivity index (χ0v) is 19.8. The third-order valence-corrected chi connectivity index (χ3v) is 6.32. The van der Waals surface area contributed by atoms with E-state index in [4.69, 9.17) is 37.0 Å². The quantitative estimate of drug-likeness (QED) is 0.376. The number of imide groups is 1. The molecule has 2 amide bonds. The first-order chi connectivity index (χ1) is 15.4. The standard InChI is InChI=1S/C22H15BrClNO6S/c1-3-4-29-20-12(5-14(23)8-18(20)28-2)7-19-21(26)25(22(27)32-19)10-13-6-16-17(9-15(13)24)31-11-30-16/h1,5-9H,4,10-11H2,2H3/b19-7+. The van der Waals surface area contributed by atoms with Gasteiger partial charge in [-0.3, -0.25) is 14.5 Å². The second-order valence-corrected chi connectivity index (χ2v) is 8.90. The zero-order valence-electron chi connectivity index (χ0n) is 16.6. The molecule has 7 nitrogen and oxygen atoms in total. The Kier molecular flexibility index (Phi) is 6.55. The van der Waals surface area contributed by atoms with Gasteiger partial charge < -0.3 is 18.9 Å². The summed E-state index contributed by atoms with van der Waals surface area (Å²) in [7, 11) is 1.50. The number of rotatable bonds is 6. The summed E-state index contributed by atoms with van der Waals surface area (Å²) in [5, 5.41) is -0.0398. The first-order valence-electron chi connectivity index (χ1n) is 9.18. The van der Waals surface area contributed by atoms with Gasteiger partial charge in [0, 0.05) is 21.1 Å². The number of carbonyl (C=O) groups excluding carboxylic acids is 2. The van der Waals surface area contributed by atoms with Gasteiger partial charge in [0.05, 0.1) is 18.6 Å². The summed E-state index contributed by atoms with van der Waals surface area (Å²) in [5.41, 5.74) is 1.11. The molecule has 0 unspecified atom stereocenters. The van der Waals surface area contributed by atoms with Crippen LogP contribution in [0.4, 0.5) is 4.79 Å². The van der Waals surface area contributed by atoms with E-state index >= 15 is 0 Å². The predicted molar refractivity (Wildman–Crippen MR) is 124 cm³/mol. The normalized spacial score (nSPS) is 15.9. The highest BCUT2D eigenvalue weighted by Gasteiger charge is 2.36. The minimum Gasteiger partial charge on any atom is -0.493 e. The summed E-state index contributed by atoms with van der Waals surface area (Å²) in [6, 6.07) is 6.74. The van der Waals surface area contributed by atoms with E-state index in [9.17, 15) is 9.59 Å². The van der Waals surface area contributed by atoms with Crippen LogP contribution < -0.4 is 18.9 Å². The molecule has 0 atom stereocenters. The molecule has 2 aromatic rings. The fourth-order valence-corrected chi connectivity index (χ4v) is 4.64. The minimum absolute atomic E-state index is 0.000262. The molecule has 164 valence electrons. The lowest BCUT2D eigenvalue weighted by Gasteiger charge is -2.14. The van der Waals surface area contributed by atoms with Gasteiger partial charge in [-0.1, -0.05) is 33.5 Å². The van der Waals surface area contributed by atoms with Gasteiger partial charge in [-0.25, -0.2) is 0 Å². The van der Waals surface area contributed by atoms with E-state index in [1.54, 1.807) is 30.3 Å². The van der Waals surface area contributed by atoms with E-state index in [0.29, 0.717) is 43.6 Å². The first kappa shape index (κ1) is 22.4. The molecule has 2 aromatic carbocycles. The Hall–Kier alpha value is -2.80.